The molecule has 1 fully saturated rings. The second-order valence-corrected chi connectivity index (χ2v) is 11.7. The number of piperazine rings is 1. The van der Waals surface area contributed by atoms with Gasteiger partial charge in [-0.3, -0.25) is 10.1 Å². The Hall–Kier alpha value is -3.28. The van der Waals surface area contributed by atoms with Gasteiger partial charge in [-0.25, -0.2) is 18.2 Å². The molecule has 0 unspecified atom stereocenters. The van der Waals surface area contributed by atoms with Gasteiger partial charge in [-0.05, 0) is 42.7 Å². The van der Waals surface area contributed by atoms with Crippen molar-refractivity contribution in [1.82, 2.24) is 14.2 Å². The van der Waals surface area contributed by atoms with E-state index in [0.717, 1.165) is 11.3 Å². The minimum atomic E-state index is -3.75. The Morgan fingerprint density at radius 2 is 1.68 bits per heavy atom. The van der Waals surface area contributed by atoms with Crippen molar-refractivity contribution in [3.63, 3.8) is 0 Å². The number of carbonyl (C=O) groups is 2. The summed E-state index contributed by atoms with van der Waals surface area (Å²) in [6.45, 7) is 7.15. The number of benzene rings is 2. The van der Waals surface area contributed by atoms with Gasteiger partial charge >= 0.3 is 6.09 Å². The Morgan fingerprint density at radius 3 is 2.27 bits per heavy atom. The van der Waals surface area contributed by atoms with Crippen molar-refractivity contribution in [3.8, 4) is 11.3 Å². The van der Waals surface area contributed by atoms with Crippen molar-refractivity contribution in [2.24, 2.45) is 0 Å². The Morgan fingerprint density at radius 1 is 1.03 bits per heavy atom. The molecule has 0 bridgehead atoms. The number of thiazole rings is 1. The zero-order chi connectivity index (χ0) is 26.6. The lowest BCUT2D eigenvalue weighted by atomic mass is 10.0. The van der Waals surface area contributed by atoms with E-state index in [1.165, 1.54) is 50.4 Å². The summed E-state index contributed by atoms with van der Waals surface area (Å²) in [6, 6.07) is 14.0. The van der Waals surface area contributed by atoms with E-state index in [0.29, 0.717) is 16.6 Å². The lowest BCUT2D eigenvalue weighted by Gasteiger charge is -2.33. The first-order valence-corrected chi connectivity index (χ1v) is 14.4. The smallest absolute Gasteiger partial charge is 0.409 e. The number of amides is 2. The van der Waals surface area contributed by atoms with Crippen LogP contribution in [0, 0.1) is 0 Å². The minimum Gasteiger partial charge on any atom is -0.450 e. The fourth-order valence-corrected chi connectivity index (χ4v) is 6.06. The molecule has 0 atom stereocenters. The number of rotatable bonds is 7. The number of anilines is 1. The largest absolute Gasteiger partial charge is 0.450 e. The first kappa shape index (κ1) is 26.8. The van der Waals surface area contributed by atoms with E-state index in [9.17, 15) is 18.0 Å². The van der Waals surface area contributed by atoms with E-state index in [2.05, 4.69) is 36.3 Å². The number of hydrogen-bond acceptors (Lipinski definition) is 7. The number of nitrogens with zero attached hydrogens (tertiary/aromatic N) is 3. The fraction of sp³-hybridized carbons (Fsp3) is 0.346. The SMILES string of the molecule is CCOC(=O)N1CCN(S(=O)(=O)c2ccc(C(=O)Nc3nc(-c4ccc(C(C)C)cc4)cs3)cc2)CC1. The number of hydrogen-bond donors (Lipinski definition) is 1. The zero-order valence-electron chi connectivity index (χ0n) is 21.0. The number of aromatic nitrogens is 1. The molecule has 0 spiro atoms. The molecule has 2 amide bonds. The van der Waals surface area contributed by atoms with Gasteiger partial charge in [-0.1, -0.05) is 38.1 Å². The van der Waals surface area contributed by atoms with Crippen LogP contribution in [-0.4, -0.2) is 67.4 Å². The molecule has 2 aromatic carbocycles. The highest BCUT2D eigenvalue weighted by Gasteiger charge is 2.30. The molecule has 1 aliphatic rings. The summed E-state index contributed by atoms with van der Waals surface area (Å²) in [5.41, 5.74) is 3.32. The normalized spacial score (nSPS) is 14.5. The second kappa shape index (κ2) is 11.4. The molecule has 11 heteroatoms. The molecule has 2 heterocycles. The molecule has 9 nitrogen and oxygen atoms in total. The molecular weight excluding hydrogens is 512 g/mol. The van der Waals surface area contributed by atoms with Crippen LogP contribution < -0.4 is 5.32 Å². The predicted octanol–water partition coefficient (Wildman–Crippen LogP) is 4.65. The van der Waals surface area contributed by atoms with Crippen LogP contribution in [0.3, 0.4) is 0 Å². The summed E-state index contributed by atoms with van der Waals surface area (Å²) >= 11 is 1.33. The van der Waals surface area contributed by atoms with E-state index in [4.69, 9.17) is 4.74 Å². The predicted molar refractivity (Wildman–Crippen MR) is 143 cm³/mol. The summed E-state index contributed by atoms with van der Waals surface area (Å²) in [7, 11) is -3.75. The van der Waals surface area contributed by atoms with Crippen LogP contribution in [0.5, 0.6) is 0 Å². The first-order valence-electron chi connectivity index (χ1n) is 12.1. The van der Waals surface area contributed by atoms with Crippen molar-refractivity contribution in [1.29, 1.82) is 0 Å². The van der Waals surface area contributed by atoms with Crippen molar-refractivity contribution in [2.75, 3.05) is 38.1 Å². The lowest BCUT2D eigenvalue weighted by molar-refractivity contribution is 0.0933. The van der Waals surface area contributed by atoms with Crippen molar-refractivity contribution < 1.29 is 22.7 Å². The highest BCUT2D eigenvalue weighted by molar-refractivity contribution is 7.89. The van der Waals surface area contributed by atoms with Gasteiger partial charge in [0, 0.05) is 42.7 Å². The number of nitrogens with one attached hydrogen (secondary N) is 1. The molecule has 4 rings (SSSR count). The third-order valence-corrected chi connectivity index (χ3v) is 8.79. The van der Waals surface area contributed by atoms with Crippen LogP contribution in [0.2, 0.25) is 0 Å². The standard InChI is InChI=1S/C26H30N4O5S2/c1-4-35-26(32)29-13-15-30(16-14-29)37(33,34)22-11-9-21(10-12-22)24(31)28-25-27-23(17-36-25)20-7-5-19(6-8-20)18(2)3/h5-12,17-18H,4,13-16H2,1-3H3,(H,27,28,31). The van der Waals surface area contributed by atoms with Crippen molar-refractivity contribution in [3.05, 3.63) is 65.0 Å². The van der Waals surface area contributed by atoms with Gasteiger partial charge in [-0.2, -0.15) is 4.31 Å². The quantitative estimate of drug-likeness (QED) is 0.466. The highest BCUT2D eigenvalue weighted by atomic mass is 32.2. The molecule has 0 saturated carbocycles. The molecule has 1 saturated heterocycles. The van der Waals surface area contributed by atoms with Gasteiger partial charge in [0.1, 0.15) is 0 Å². The van der Waals surface area contributed by atoms with E-state index in [1.807, 2.05) is 17.5 Å². The first-order chi connectivity index (χ1) is 17.7. The van der Waals surface area contributed by atoms with E-state index in [-0.39, 0.29) is 43.6 Å². The van der Waals surface area contributed by atoms with E-state index >= 15 is 0 Å². The van der Waals surface area contributed by atoms with Gasteiger partial charge < -0.3 is 9.64 Å². The average Bonchev–Trinajstić information content (AvgIpc) is 3.37. The molecular formula is C26H30N4O5S2. The summed E-state index contributed by atoms with van der Waals surface area (Å²) in [5.74, 6) is 0.0744. The molecule has 1 aliphatic heterocycles. The second-order valence-electron chi connectivity index (χ2n) is 8.88. The maximum absolute atomic E-state index is 13.0. The van der Waals surface area contributed by atoms with Crippen LogP contribution >= 0.6 is 11.3 Å². The maximum Gasteiger partial charge on any atom is 0.409 e. The molecule has 3 aromatic rings. The summed E-state index contributed by atoms with van der Waals surface area (Å²) in [5, 5.41) is 5.13. The van der Waals surface area contributed by atoms with Crippen molar-refractivity contribution in [2.45, 2.75) is 31.6 Å². The third-order valence-electron chi connectivity index (χ3n) is 6.12. The summed E-state index contributed by atoms with van der Waals surface area (Å²) in [6.07, 6.45) is -0.439. The summed E-state index contributed by atoms with van der Waals surface area (Å²) in [4.78, 5) is 30.7. The number of carbonyl (C=O) groups excluding carboxylic acids is 2. The molecule has 37 heavy (non-hydrogen) atoms. The minimum absolute atomic E-state index is 0.0926. The van der Waals surface area contributed by atoms with E-state index < -0.39 is 16.1 Å². The van der Waals surface area contributed by atoms with Crippen LogP contribution in [0.25, 0.3) is 11.3 Å². The van der Waals surface area contributed by atoms with E-state index in [1.54, 1.807) is 6.92 Å². The van der Waals surface area contributed by atoms with Gasteiger partial charge in [0.25, 0.3) is 5.91 Å². The van der Waals surface area contributed by atoms with Gasteiger partial charge in [0.15, 0.2) is 5.13 Å². The third kappa shape index (κ3) is 6.17. The van der Waals surface area contributed by atoms with Crippen LogP contribution in [-0.2, 0) is 14.8 Å². The summed E-state index contributed by atoms with van der Waals surface area (Å²) < 4.78 is 32.4. The Kier molecular flexibility index (Phi) is 8.25. The maximum atomic E-state index is 13.0. The van der Waals surface area contributed by atoms with Crippen LogP contribution in [0.4, 0.5) is 9.93 Å². The molecule has 196 valence electrons. The molecule has 0 aliphatic carbocycles. The number of sulfonamides is 1. The van der Waals surface area contributed by atoms with Gasteiger partial charge in [-0.15, -0.1) is 11.3 Å². The molecule has 1 N–H and O–H groups in total. The Labute approximate surface area is 221 Å². The Balaban J connectivity index is 1.37. The van der Waals surface area contributed by atoms with Crippen molar-refractivity contribution >= 4 is 38.5 Å². The Bertz CT molecular complexity index is 1340. The van der Waals surface area contributed by atoms with Gasteiger partial charge in [0.05, 0.1) is 17.2 Å². The average molecular weight is 543 g/mol. The number of ether oxygens (including phenoxy) is 1. The van der Waals surface area contributed by atoms with Crippen LogP contribution in [0.15, 0.2) is 58.8 Å². The highest BCUT2D eigenvalue weighted by Crippen LogP contribution is 2.27. The van der Waals surface area contributed by atoms with Gasteiger partial charge in [0.2, 0.25) is 10.0 Å². The lowest BCUT2D eigenvalue weighted by Crippen LogP contribution is -2.50. The fourth-order valence-electron chi connectivity index (χ4n) is 3.92. The van der Waals surface area contributed by atoms with Crippen LogP contribution in [0.1, 0.15) is 42.6 Å². The monoisotopic (exact) mass is 542 g/mol. The topological polar surface area (TPSA) is 109 Å². The zero-order valence-corrected chi connectivity index (χ0v) is 22.6. The molecule has 0 radical (unpaired) electrons. The molecule has 1 aromatic heterocycles.